The van der Waals surface area contributed by atoms with Crippen LogP contribution in [-0.4, -0.2) is 19.1 Å². The topological polar surface area (TPSA) is 48.8 Å². The number of rotatable bonds is 3. The van der Waals surface area contributed by atoms with E-state index in [2.05, 4.69) is 155 Å². The highest BCUT2D eigenvalue weighted by Gasteiger charge is 2.21. The van der Waals surface area contributed by atoms with E-state index in [-0.39, 0.29) is 0 Å². The van der Waals surface area contributed by atoms with E-state index in [9.17, 15) is 0 Å². The highest BCUT2D eigenvalue weighted by atomic mass is 16.3. The van der Waals surface area contributed by atoms with Crippen LogP contribution in [0.3, 0.4) is 0 Å². The van der Waals surface area contributed by atoms with Crippen molar-refractivity contribution in [2.24, 2.45) is 0 Å². The van der Waals surface area contributed by atoms with Gasteiger partial charge in [-0.25, -0.2) is 9.97 Å². The molecule has 0 unspecified atom stereocenters. The predicted octanol–water partition coefficient (Wildman–Crippen LogP) is 12.5. The number of fused-ring (bicyclic) bond motifs is 11. The van der Waals surface area contributed by atoms with E-state index in [4.69, 9.17) is 14.4 Å². The fourth-order valence-corrected chi connectivity index (χ4v) is 8.66. The molecule has 0 amide bonds. The van der Waals surface area contributed by atoms with Crippen LogP contribution in [0, 0.1) is 0 Å². The number of aromatic nitrogens is 4. The molecule has 53 heavy (non-hydrogen) atoms. The number of furan rings is 1. The van der Waals surface area contributed by atoms with Crippen LogP contribution < -0.4 is 0 Å². The first kappa shape index (κ1) is 28.5. The second-order valence-electron chi connectivity index (χ2n) is 13.8. The molecule has 0 bridgehead atoms. The summed E-state index contributed by atoms with van der Waals surface area (Å²) in [5.74, 6) is 0.628. The van der Waals surface area contributed by atoms with Crippen molar-refractivity contribution in [3.63, 3.8) is 0 Å². The molecule has 5 heteroatoms. The Morgan fingerprint density at radius 2 is 1.00 bits per heavy atom. The summed E-state index contributed by atoms with van der Waals surface area (Å²) < 4.78 is 11.0. The summed E-state index contributed by atoms with van der Waals surface area (Å²) in [7, 11) is 0. The molecule has 0 radical (unpaired) electrons. The third-order valence-corrected chi connectivity index (χ3v) is 10.9. The summed E-state index contributed by atoms with van der Waals surface area (Å²) in [5, 5.41) is 10.3. The normalized spacial score (nSPS) is 12.2. The van der Waals surface area contributed by atoms with E-state index in [0.29, 0.717) is 5.95 Å². The van der Waals surface area contributed by atoms with Gasteiger partial charge in [0.05, 0.1) is 39.0 Å². The zero-order valence-corrected chi connectivity index (χ0v) is 28.4. The number of hydrogen-bond donors (Lipinski definition) is 0. The smallest absolute Gasteiger partial charge is 0.235 e. The average molecular weight is 677 g/mol. The average Bonchev–Trinajstić information content (AvgIpc) is 3.87. The van der Waals surface area contributed by atoms with Crippen LogP contribution in [0.15, 0.2) is 174 Å². The molecule has 4 heterocycles. The quantitative estimate of drug-likeness (QED) is 0.187. The second kappa shape index (κ2) is 10.6. The first-order chi connectivity index (χ1) is 26.3. The Morgan fingerprint density at radius 3 is 1.77 bits per heavy atom. The highest BCUT2D eigenvalue weighted by molar-refractivity contribution is 6.17. The van der Waals surface area contributed by atoms with Crippen molar-refractivity contribution in [1.29, 1.82) is 0 Å². The number of benzene rings is 8. The Balaban J connectivity index is 1.19. The van der Waals surface area contributed by atoms with Crippen molar-refractivity contribution in [3.05, 3.63) is 170 Å². The zero-order valence-electron chi connectivity index (χ0n) is 28.4. The van der Waals surface area contributed by atoms with E-state index in [1.807, 2.05) is 24.3 Å². The van der Waals surface area contributed by atoms with Crippen LogP contribution in [0.2, 0.25) is 0 Å². The van der Waals surface area contributed by atoms with Gasteiger partial charge in [-0.15, -0.1) is 0 Å². The molecular weight excluding hydrogens is 649 g/mol. The summed E-state index contributed by atoms with van der Waals surface area (Å²) in [5.41, 5.74) is 10.1. The van der Waals surface area contributed by atoms with Crippen LogP contribution in [0.1, 0.15) is 0 Å². The molecule has 12 aromatic rings. The molecule has 0 atom stereocenters. The van der Waals surface area contributed by atoms with Gasteiger partial charge in [0.1, 0.15) is 11.2 Å². The standard InChI is InChI=1S/C48H28N4O/c1-6-20-38-33(17-1)47(35-19-12-26-45-46(35)34-18-5-10-25-44(34)53-45)50-48(49-38)52-41-23-9-4-16-32(41)37-27-29-13-11-24-42(36(29)28-43(37)52)51-39-21-7-2-14-30(39)31-15-3-8-22-40(31)51/h1-28H. The van der Waals surface area contributed by atoms with Crippen LogP contribution in [0.5, 0.6) is 0 Å². The van der Waals surface area contributed by atoms with Gasteiger partial charge in [-0.2, -0.15) is 0 Å². The molecule has 12 rings (SSSR count). The molecule has 0 aliphatic carbocycles. The molecule has 0 N–H and O–H groups in total. The number of hydrogen-bond acceptors (Lipinski definition) is 3. The lowest BCUT2D eigenvalue weighted by atomic mass is 10.0. The van der Waals surface area contributed by atoms with Gasteiger partial charge in [-0.05, 0) is 60.0 Å². The fraction of sp³-hybridized carbons (Fsp3) is 0. The van der Waals surface area contributed by atoms with Crippen LogP contribution in [0.4, 0.5) is 0 Å². The minimum absolute atomic E-state index is 0.628. The van der Waals surface area contributed by atoms with Crippen LogP contribution >= 0.6 is 0 Å². The summed E-state index contributed by atoms with van der Waals surface area (Å²) >= 11 is 0. The molecule has 8 aromatic carbocycles. The minimum atomic E-state index is 0.628. The maximum absolute atomic E-state index is 6.33. The second-order valence-corrected chi connectivity index (χ2v) is 13.8. The van der Waals surface area contributed by atoms with Gasteiger partial charge < -0.3 is 8.98 Å². The van der Waals surface area contributed by atoms with Gasteiger partial charge in [0, 0.05) is 48.7 Å². The maximum atomic E-state index is 6.33. The molecule has 4 aromatic heterocycles. The Morgan fingerprint density at radius 1 is 0.396 bits per heavy atom. The van der Waals surface area contributed by atoms with Gasteiger partial charge in [0.25, 0.3) is 0 Å². The first-order valence-corrected chi connectivity index (χ1v) is 17.9. The summed E-state index contributed by atoms with van der Waals surface area (Å²) in [6, 6.07) is 60.1. The van der Waals surface area contributed by atoms with Crippen molar-refractivity contribution in [2.75, 3.05) is 0 Å². The van der Waals surface area contributed by atoms with Crippen molar-refractivity contribution in [3.8, 4) is 22.9 Å². The molecule has 5 nitrogen and oxygen atoms in total. The largest absolute Gasteiger partial charge is 0.456 e. The Kier molecular flexibility index (Phi) is 5.71. The Labute approximate surface area is 302 Å². The zero-order chi connectivity index (χ0) is 34.6. The van der Waals surface area contributed by atoms with Gasteiger partial charge in [0.15, 0.2) is 0 Å². The Hall–Kier alpha value is -7.24. The van der Waals surface area contributed by atoms with Crippen molar-refractivity contribution in [1.82, 2.24) is 19.1 Å². The third-order valence-electron chi connectivity index (χ3n) is 10.9. The lowest BCUT2D eigenvalue weighted by Crippen LogP contribution is -2.03. The van der Waals surface area contributed by atoms with E-state index < -0.39 is 0 Å². The predicted molar refractivity (Wildman–Crippen MR) is 218 cm³/mol. The van der Waals surface area contributed by atoms with Crippen LogP contribution in [-0.2, 0) is 0 Å². The van der Waals surface area contributed by atoms with Crippen LogP contribution in [0.25, 0.3) is 110 Å². The summed E-state index contributed by atoms with van der Waals surface area (Å²) in [6.07, 6.45) is 0. The van der Waals surface area contributed by atoms with E-state index >= 15 is 0 Å². The minimum Gasteiger partial charge on any atom is -0.456 e. The lowest BCUT2D eigenvalue weighted by Gasteiger charge is -2.14. The summed E-state index contributed by atoms with van der Waals surface area (Å²) in [6.45, 7) is 0. The van der Waals surface area contributed by atoms with E-state index in [0.717, 1.165) is 77.0 Å². The monoisotopic (exact) mass is 676 g/mol. The maximum Gasteiger partial charge on any atom is 0.235 e. The van der Waals surface area contributed by atoms with Crippen molar-refractivity contribution in [2.45, 2.75) is 0 Å². The molecule has 0 saturated carbocycles. The number of para-hydroxylation sites is 5. The molecule has 246 valence electrons. The molecule has 0 aliphatic heterocycles. The van der Waals surface area contributed by atoms with Gasteiger partial charge >= 0.3 is 0 Å². The molecule has 0 saturated heterocycles. The SMILES string of the molecule is c1cc(-n2c3ccccc3c3ccccc32)c2cc3c(cc2c1)c1ccccc1n3-c1nc(-c2cccc3oc4ccccc4c23)c2ccccc2n1. The third kappa shape index (κ3) is 3.96. The summed E-state index contributed by atoms with van der Waals surface area (Å²) in [4.78, 5) is 10.8. The Bertz CT molecular complexity index is 3420. The van der Waals surface area contributed by atoms with Crippen molar-refractivity contribution >= 4 is 87.2 Å². The molecule has 0 fully saturated rings. The van der Waals surface area contributed by atoms with E-state index in [1.165, 1.54) is 27.2 Å². The van der Waals surface area contributed by atoms with Gasteiger partial charge in [-0.3, -0.25) is 4.57 Å². The molecule has 0 spiro atoms. The van der Waals surface area contributed by atoms with Gasteiger partial charge in [-0.1, -0.05) is 115 Å². The van der Waals surface area contributed by atoms with Gasteiger partial charge in [0.2, 0.25) is 5.95 Å². The first-order valence-electron chi connectivity index (χ1n) is 17.9. The van der Waals surface area contributed by atoms with E-state index in [1.54, 1.807) is 0 Å². The van der Waals surface area contributed by atoms with Crippen molar-refractivity contribution < 1.29 is 4.42 Å². The highest BCUT2D eigenvalue weighted by Crippen LogP contribution is 2.41. The lowest BCUT2D eigenvalue weighted by molar-refractivity contribution is 0.669. The molecular formula is C48H28N4O. The molecule has 0 aliphatic rings. The fourth-order valence-electron chi connectivity index (χ4n) is 8.66. The number of nitrogens with zero attached hydrogens (tertiary/aromatic N) is 4.